The molecule has 0 aliphatic heterocycles. The molecular formula is C13H30NO14P. The predicted octanol–water partition coefficient (Wildman–Crippen LogP) is -6.23. The van der Waals surface area contributed by atoms with Crippen molar-refractivity contribution in [1.82, 2.24) is 0 Å². The van der Waals surface area contributed by atoms with Gasteiger partial charge in [0.1, 0.15) is 31.0 Å². The summed E-state index contributed by atoms with van der Waals surface area (Å²) >= 11 is 0. The minimum Gasteiger partial charge on any atom is -0.550 e. The van der Waals surface area contributed by atoms with Gasteiger partial charge in [-0.3, -0.25) is 0 Å². The van der Waals surface area contributed by atoms with Crippen molar-refractivity contribution in [2.24, 2.45) is 0 Å². The summed E-state index contributed by atoms with van der Waals surface area (Å²) in [5.41, 5.74) is 0. The number of aliphatic carboxylic acids is 2. The molecule has 5 atom stereocenters. The van der Waals surface area contributed by atoms with Crippen LogP contribution in [0.3, 0.4) is 0 Å². The number of carboxylic acid groups (broad SMARTS) is 2. The van der Waals surface area contributed by atoms with Crippen LogP contribution < -0.4 is 5.11 Å². The minimum absolute atomic E-state index is 0.282. The van der Waals surface area contributed by atoms with Crippen molar-refractivity contribution in [2.75, 3.05) is 34.3 Å². The number of hydrogen-bond acceptors (Lipinski definition) is 10. The number of phosphoric acid groups is 1. The van der Waals surface area contributed by atoms with Gasteiger partial charge in [-0.05, 0) is 0 Å². The predicted molar refractivity (Wildman–Crippen MR) is 91.5 cm³/mol. The molecule has 29 heavy (non-hydrogen) atoms. The van der Waals surface area contributed by atoms with Crippen LogP contribution >= 0.6 is 7.82 Å². The van der Waals surface area contributed by atoms with Crippen LogP contribution in [0.25, 0.3) is 0 Å². The van der Waals surface area contributed by atoms with Gasteiger partial charge in [-0.25, -0.2) is 9.36 Å². The van der Waals surface area contributed by atoms with E-state index < -0.39 is 56.9 Å². The fraction of sp³-hybridized carbons (Fsp3) is 0.846. The monoisotopic (exact) mass is 455 g/mol. The standard InChI is InChI=1S/C7H15NO3.C6H12O7.H3O4P/c1-8(2,3)5-6(9)4-7(10)11;7-1-2(8)3(9)4(10)5(11)6(12)13;1-5(2,3)4/h6,9H,4-5H2,1-3H3;2-5,7-11H,1H2,(H,12,13);(H3,1,2,3,4). The van der Waals surface area contributed by atoms with E-state index >= 15 is 0 Å². The molecule has 0 saturated carbocycles. The number of carboxylic acids is 2. The van der Waals surface area contributed by atoms with E-state index in [-0.39, 0.29) is 6.42 Å². The van der Waals surface area contributed by atoms with Gasteiger partial charge in [0.15, 0.2) is 6.10 Å². The highest BCUT2D eigenvalue weighted by atomic mass is 31.2. The van der Waals surface area contributed by atoms with Crippen molar-refractivity contribution in [2.45, 2.75) is 36.9 Å². The number of hydrogen-bond donors (Lipinski definition) is 10. The van der Waals surface area contributed by atoms with Crippen LogP contribution in [0.2, 0.25) is 0 Å². The lowest BCUT2D eigenvalue weighted by Gasteiger charge is -2.26. The number of carbonyl (C=O) groups is 2. The summed E-state index contributed by atoms with van der Waals surface area (Å²) in [5, 5.41) is 71.0. The minimum atomic E-state index is -4.64. The Morgan fingerprint density at radius 1 is 0.966 bits per heavy atom. The summed E-state index contributed by atoms with van der Waals surface area (Å²) in [7, 11) is 1.02. The van der Waals surface area contributed by atoms with Gasteiger partial charge in [-0.2, -0.15) is 0 Å². The number of likely N-dealkylation sites (N-methyl/N-ethyl adjacent to an activating group) is 1. The average Bonchev–Trinajstić information content (AvgIpc) is 2.48. The van der Waals surface area contributed by atoms with Gasteiger partial charge < -0.3 is 64.8 Å². The molecule has 0 aromatic rings. The lowest BCUT2D eigenvalue weighted by Crippen LogP contribution is -2.48. The van der Waals surface area contributed by atoms with Crippen molar-refractivity contribution in [1.29, 1.82) is 0 Å². The third kappa shape index (κ3) is 24.7. The highest BCUT2D eigenvalue weighted by molar-refractivity contribution is 7.45. The van der Waals surface area contributed by atoms with Crippen LogP contribution in [0.5, 0.6) is 0 Å². The SMILES string of the molecule is C[N+](C)(C)CC(O)CC(=O)[O-].O=C(O)C(O)C(O)C(O)C(O)CO.O=P(O)(O)O. The quantitative estimate of drug-likeness (QED) is 0.114. The van der Waals surface area contributed by atoms with Gasteiger partial charge in [0, 0.05) is 12.4 Å². The Morgan fingerprint density at radius 2 is 1.34 bits per heavy atom. The Hall–Kier alpha value is -1.23. The molecule has 0 aromatic carbocycles. The van der Waals surface area contributed by atoms with Gasteiger partial charge >= 0.3 is 13.8 Å². The summed E-state index contributed by atoms with van der Waals surface area (Å²) in [4.78, 5) is 41.7. The molecule has 0 aromatic heterocycles. The number of aliphatic hydroxyl groups is 6. The fourth-order valence-electron chi connectivity index (χ4n) is 1.56. The van der Waals surface area contributed by atoms with Gasteiger partial charge in [0.05, 0.1) is 27.7 Å². The van der Waals surface area contributed by atoms with E-state index in [4.69, 9.17) is 55.0 Å². The van der Waals surface area contributed by atoms with E-state index in [9.17, 15) is 14.7 Å². The first-order valence-corrected chi connectivity index (χ1v) is 9.32. The van der Waals surface area contributed by atoms with Crippen LogP contribution in [0.15, 0.2) is 0 Å². The van der Waals surface area contributed by atoms with E-state index in [1.54, 1.807) is 0 Å². The second kappa shape index (κ2) is 14.7. The molecule has 0 aliphatic carbocycles. The first kappa shape index (κ1) is 32.4. The zero-order chi connectivity index (χ0) is 24.2. The number of aliphatic hydroxyl groups excluding tert-OH is 6. The van der Waals surface area contributed by atoms with Crippen molar-refractivity contribution >= 4 is 19.8 Å². The maximum Gasteiger partial charge on any atom is 0.466 e. The molecule has 0 heterocycles. The first-order chi connectivity index (χ1) is 12.7. The molecule has 5 unspecified atom stereocenters. The van der Waals surface area contributed by atoms with Crippen LogP contribution in [0.4, 0.5) is 0 Å². The molecule has 0 radical (unpaired) electrons. The van der Waals surface area contributed by atoms with Gasteiger partial charge in [-0.1, -0.05) is 0 Å². The Balaban J connectivity index is -0.000000383. The van der Waals surface area contributed by atoms with E-state index in [2.05, 4.69) is 0 Å². The number of rotatable bonds is 9. The molecule has 0 saturated heterocycles. The largest absolute Gasteiger partial charge is 0.550 e. The second-order valence-electron chi connectivity index (χ2n) is 6.73. The number of nitrogens with zero attached hydrogens (tertiary/aromatic N) is 1. The van der Waals surface area contributed by atoms with Gasteiger partial charge in [-0.15, -0.1) is 0 Å². The van der Waals surface area contributed by atoms with Gasteiger partial charge in [0.2, 0.25) is 0 Å². The lowest BCUT2D eigenvalue weighted by atomic mass is 10.0. The molecule has 10 N–H and O–H groups in total. The molecule has 0 bridgehead atoms. The van der Waals surface area contributed by atoms with Gasteiger partial charge in [0.25, 0.3) is 0 Å². The second-order valence-corrected chi connectivity index (χ2v) is 7.76. The van der Waals surface area contributed by atoms with Crippen molar-refractivity contribution < 1.29 is 74.2 Å². The molecular weight excluding hydrogens is 425 g/mol. The lowest BCUT2D eigenvalue weighted by molar-refractivity contribution is -0.873. The Kier molecular flexibility index (Phi) is 16.4. The molecule has 0 fully saturated rings. The maximum absolute atomic E-state index is 10.1. The topological polar surface area (TPSA) is 277 Å². The van der Waals surface area contributed by atoms with Crippen molar-refractivity contribution in [3.63, 3.8) is 0 Å². The number of carbonyl (C=O) groups excluding carboxylic acids is 1. The zero-order valence-corrected chi connectivity index (χ0v) is 16.9. The third-order valence-corrected chi connectivity index (χ3v) is 2.67. The summed E-state index contributed by atoms with van der Waals surface area (Å²) < 4.78 is 9.43. The van der Waals surface area contributed by atoms with E-state index in [0.717, 1.165) is 0 Å². The maximum atomic E-state index is 10.1. The Labute approximate surface area is 166 Å². The Morgan fingerprint density at radius 3 is 1.59 bits per heavy atom. The van der Waals surface area contributed by atoms with E-state index in [1.165, 1.54) is 0 Å². The summed E-state index contributed by atoms with van der Waals surface area (Å²) in [6.45, 7) is -0.418. The molecule has 176 valence electrons. The zero-order valence-electron chi connectivity index (χ0n) is 16.0. The summed E-state index contributed by atoms with van der Waals surface area (Å²) in [6, 6.07) is 0. The molecule has 0 aliphatic rings. The Bertz CT molecular complexity index is 510. The molecule has 0 spiro atoms. The van der Waals surface area contributed by atoms with Crippen molar-refractivity contribution in [3.8, 4) is 0 Å². The highest BCUT2D eigenvalue weighted by Crippen LogP contribution is 2.25. The normalized spacial score (nSPS) is 16.7. The van der Waals surface area contributed by atoms with E-state index in [0.29, 0.717) is 11.0 Å². The van der Waals surface area contributed by atoms with Crippen molar-refractivity contribution in [3.05, 3.63) is 0 Å². The van der Waals surface area contributed by atoms with Crippen LogP contribution in [0.1, 0.15) is 6.42 Å². The summed E-state index contributed by atoms with van der Waals surface area (Å²) in [5.74, 6) is -2.93. The highest BCUT2D eigenvalue weighted by Gasteiger charge is 2.33. The molecule has 15 nitrogen and oxygen atoms in total. The molecule has 16 heteroatoms. The smallest absolute Gasteiger partial charge is 0.466 e. The van der Waals surface area contributed by atoms with Crippen LogP contribution in [-0.2, 0) is 14.2 Å². The van der Waals surface area contributed by atoms with Crippen LogP contribution in [0, 0.1) is 0 Å². The number of quaternary nitrogens is 1. The molecule has 0 rings (SSSR count). The molecule has 0 amide bonds. The van der Waals surface area contributed by atoms with E-state index in [1.807, 2.05) is 21.1 Å². The third-order valence-electron chi connectivity index (χ3n) is 2.67. The summed E-state index contributed by atoms with van der Waals surface area (Å²) in [6.07, 6.45) is -8.92. The fourth-order valence-corrected chi connectivity index (χ4v) is 1.56. The first-order valence-electron chi connectivity index (χ1n) is 7.75. The average molecular weight is 455 g/mol. The van der Waals surface area contributed by atoms with Crippen LogP contribution in [-0.4, -0.2) is 132 Å².